The standard InChI is InChI=1S/C25H32N4O2/c1-15(2)17(4)26-24(31)20-14-29(25(5,6)7)22-19(20)12-13-21(27-22)28-23(30)18-10-8-16(3)9-11-18/h8-15,17H,1-7H3,(H,26,31)(H,27,28,30). The zero-order chi connectivity index (χ0) is 22.9. The van der Waals surface area contributed by atoms with Crippen molar-refractivity contribution in [1.29, 1.82) is 0 Å². The van der Waals surface area contributed by atoms with Crippen LogP contribution < -0.4 is 10.6 Å². The quantitative estimate of drug-likeness (QED) is 0.601. The molecule has 31 heavy (non-hydrogen) atoms. The van der Waals surface area contributed by atoms with Gasteiger partial charge in [0.1, 0.15) is 11.5 Å². The summed E-state index contributed by atoms with van der Waals surface area (Å²) in [6, 6.07) is 11.0. The average molecular weight is 421 g/mol. The number of carbonyl (C=O) groups excluding carboxylic acids is 2. The molecule has 2 aromatic heterocycles. The van der Waals surface area contributed by atoms with Gasteiger partial charge in [-0.2, -0.15) is 0 Å². The Balaban J connectivity index is 1.98. The lowest BCUT2D eigenvalue weighted by Crippen LogP contribution is -2.36. The summed E-state index contributed by atoms with van der Waals surface area (Å²) in [4.78, 5) is 30.3. The van der Waals surface area contributed by atoms with E-state index in [2.05, 4.69) is 45.3 Å². The van der Waals surface area contributed by atoms with Gasteiger partial charge in [-0.15, -0.1) is 0 Å². The summed E-state index contributed by atoms with van der Waals surface area (Å²) < 4.78 is 1.98. The summed E-state index contributed by atoms with van der Waals surface area (Å²) in [7, 11) is 0. The number of benzene rings is 1. The fourth-order valence-electron chi connectivity index (χ4n) is 3.21. The lowest BCUT2D eigenvalue weighted by Gasteiger charge is -2.22. The molecule has 0 aliphatic carbocycles. The molecule has 0 saturated carbocycles. The van der Waals surface area contributed by atoms with Crippen LogP contribution in [-0.4, -0.2) is 27.4 Å². The Morgan fingerprint density at radius 1 is 0.968 bits per heavy atom. The zero-order valence-electron chi connectivity index (χ0n) is 19.4. The van der Waals surface area contributed by atoms with E-state index in [1.54, 1.807) is 18.2 Å². The van der Waals surface area contributed by atoms with Gasteiger partial charge in [0, 0.05) is 28.7 Å². The summed E-state index contributed by atoms with van der Waals surface area (Å²) in [5, 5.41) is 6.71. The van der Waals surface area contributed by atoms with Gasteiger partial charge in [0.25, 0.3) is 11.8 Å². The van der Waals surface area contributed by atoms with E-state index in [9.17, 15) is 9.59 Å². The average Bonchev–Trinajstić information content (AvgIpc) is 3.07. The highest BCUT2D eigenvalue weighted by atomic mass is 16.2. The third kappa shape index (κ3) is 4.95. The van der Waals surface area contributed by atoms with Gasteiger partial charge in [0.2, 0.25) is 0 Å². The van der Waals surface area contributed by atoms with Crippen molar-refractivity contribution in [3.63, 3.8) is 0 Å². The molecule has 6 nitrogen and oxygen atoms in total. The zero-order valence-corrected chi connectivity index (χ0v) is 19.4. The first-order valence-electron chi connectivity index (χ1n) is 10.7. The molecule has 0 aliphatic rings. The maximum Gasteiger partial charge on any atom is 0.256 e. The van der Waals surface area contributed by atoms with Crippen molar-refractivity contribution < 1.29 is 9.59 Å². The first-order chi connectivity index (χ1) is 14.5. The number of pyridine rings is 1. The smallest absolute Gasteiger partial charge is 0.256 e. The van der Waals surface area contributed by atoms with Gasteiger partial charge in [-0.1, -0.05) is 31.5 Å². The van der Waals surface area contributed by atoms with Gasteiger partial charge >= 0.3 is 0 Å². The molecule has 6 heteroatoms. The number of aryl methyl sites for hydroxylation is 1. The number of nitrogens with one attached hydrogen (secondary N) is 2. The van der Waals surface area contributed by atoms with Crippen molar-refractivity contribution in [2.45, 2.75) is 60.0 Å². The van der Waals surface area contributed by atoms with Gasteiger partial charge in [0.15, 0.2) is 0 Å². The highest BCUT2D eigenvalue weighted by Crippen LogP contribution is 2.28. The van der Waals surface area contributed by atoms with Gasteiger partial charge < -0.3 is 15.2 Å². The summed E-state index contributed by atoms with van der Waals surface area (Å²) in [6.45, 7) is 14.3. The summed E-state index contributed by atoms with van der Waals surface area (Å²) >= 11 is 0. The maximum absolute atomic E-state index is 13.0. The normalized spacial score (nSPS) is 12.8. The highest BCUT2D eigenvalue weighted by molar-refractivity contribution is 6.08. The Morgan fingerprint density at radius 2 is 1.61 bits per heavy atom. The van der Waals surface area contributed by atoms with Crippen LogP contribution >= 0.6 is 0 Å². The number of aromatic nitrogens is 2. The van der Waals surface area contributed by atoms with E-state index in [0.717, 1.165) is 10.9 Å². The fraction of sp³-hybridized carbons (Fsp3) is 0.400. The van der Waals surface area contributed by atoms with E-state index in [1.165, 1.54) is 0 Å². The van der Waals surface area contributed by atoms with Crippen LogP contribution in [0.4, 0.5) is 5.82 Å². The van der Waals surface area contributed by atoms with Crippen molar-refractivity contribution in [2.24, 2.45) is 5.92 Å². The van der Waals surface area contributed by atoms with Crippen LogP contribution in [0.2, 0.25) is 0 Å². The Labute approximate surface area is 184 Å². The van der Waals surface area contributed by atoms with E-state index in [-0.39, 0.29) is 23.4 Å². The second-order valence-electron chi connectivity index (χ2n) is 9.48. The van der Waals surface area contributed by atoms with Crippen molar-refractivity contribution in [1.82, 2.24) is 14.9 Å². The topological polar surface area (TPSA) is 76.0 Å². The summed E-state index contributed by atoms with van der Waals surface area (Å²) in [6.07, 6.45) is 1.85. The second kappa shape index (κ2) is 8.53. The van der Waals surface area contributed by atoms with Crippen molar-refractivity contribution in [3.8, 4) is 0 Å². The molecule has 1 aromatic carbocycles. The lowest BCUT2D eigenvalue weighted by atomic mass is 10.1. The molecule has 1 atom stereocenters. The van der Waals surface area contributed by atoms with Crippen molar-refractivity contribution in [3.05, 3.63) is 59.3 Å². The highest BCUT2D eigenvalue weighted by Gasteiger charge is 2.24. The molecule has 2 heterocycles. The predicted octanol–water partition coefficient (Wildman–Crippen LogP) is 5.13. The minimum absolute atomic E-state index is 0.0570. The first kappa shape index (κ1) is 22.5. The number of rotatable bonds is 5. The molecule has 0 spiro atoms. The summed E-state index contributed by atoms with van der Waals surface area (Å²) in [5.74, 6) is 0.447. The Kier molecular flexibility index (Phi) is 6.20. The van der Waals surface area contributed by atoms with E-state index in [0.29, 0.717) is 28.5 Å². The molecule has 3 rings (SSSR count). The van der Waals surface area contributed by atoms with E-state index >= 15 is 0 Å². The molecule has 0 bridgehead atoms. The van der Waals surface area contributed by atoms with E-state index in [4.69, 9.17) is 4.98 Å². The molecule has 1 unspecified atom stereocenters. The number of amides is 2. The Hall–Kier alpha value is -3.15. The van der Waals surface area contributed by atoms with Crippen molar-refractivity contribution in [2.75, 3.05) is 5.32 Å². The van der Waals surface area contributed by atoms with Crippen LogP contribution in [0.25, 0.3) is 11.0 Å². The monoisotopic (exact) mass is 420 g/mol. The number of nitrogens with zero attached hydrogens (tertiary/aromatic N) is 2. The molecule has 2 N–H and O–H groups in total. The largest absolute Gasteiger partial charge is 0.349 e. The molecule has 0 fully saturated rings. The van der Waals surface area contributed by atoms with Crippen LogP contribution in [0.3, 0.4) is 0 Å². The number of fused-ring (bicyclic) bond motifs is 1. The third-order valence-corrected chi connectivity index (χ3v) is 5.53. The predicted molar refractivity (Wildman–Crippen MR) is 126 cm³/mol. The van der Waals surface area contributed by atoms with Crippen LogP contribution in [0.15, 0.2) is 42.6 Å². The second-order valence-corrected chi connectivity index (χ2v) is 9.48. The molecule has 0 aliphatic heterocycles. The number of anilines is 1. The number of carbonyl (C=O) groups is 2. The molecule has 164 valence electrons. The van der Waals surface area contributed by atoms with Crippen LogP contribution in [0.5, 0.6) is 0 Å². The SMILES string of the molecule is Cc1ccc(C(=O)Nc2ccc3c(C(=O)NC(C)C(C)C)cn(C(C)(C)C)c3n2)cc1. The number of hydrogen-bond donors (Lipinski definition) is 2. The Bertz CT molecular complexity index is 1100. The summed E-state index contributed by atoms with van der Waals surface area (Å²) in [5.41, 5.74) is 2.63. The number of hydrogen-bond acceptors (Lipinski definition) is 3. The molecule has 2 amide bonds. The molecular formula is C25H32N4O2. The minimum atomic E-state index is -0.285. The van der Waals surface area contributed by atoms with Crippen molar-refractivity contribution >= 4 is 28.7 Å². The minimum Gasteiger partial charge on any atom is -0.349 e. The lowest BCUT2D eigenvalue weighted by molar-refractivity contribution is 0.0931. The molecule has 0 radical (unpaired) electrons. The van der Waals surface area contributed by atoms with E-state index in [1.807, 2.05) is 42.8 Å². The van der Waals surface area contributed by atoms with Gasteiger partial charge in [-0.05, 0) is 64.8 Å². The molecular weight excluding hydrogens is 388 g/mol. The van der Waals surface area contributed by atoms with Crippen LogP contribution in [0.1, 0.15) is 67.8 Å². The fourth-order valence-corrected chi connectivity index (χ4v) is 3.21. The molecule has 0 saturated heterocycles. The maximum atomic E-state index is 13.0. The van der Waals surface area contributed by atoms with E-state index < -0.39 is 0 Å². The van der Waals surface area contributed by atoms with Gasteiger partial charge in [-0.3, -0.25) is 9.59 Å². The third-order valence-electron chi connectivity index (χ3n) is 5.53. The van der Waals surface area contributed by atoms with Gasteiger partial charge in [-0.25, -0.2) is 4.98 Å². The molecule has 3 aromatic rings. The Morgan fingerprint density at radius 3 is 2.19 bits per heavy atom. The van der Waals surface area contributed by atoms with Gasteiger partial charge in [0.05, 0.1) is 5.56 Å². The first-order valence-corrected chi connectivity index (χ1v) is 10.7. The van der Waals surface area contributed by atoms with Crippen LogP contribution in [-0.2, 0) is 5.54 Å². The van der Waals surface area contributed by atoms with Crippen LogP contribution in [0, 0.1) is 12.8 Å².